The highest BCUT2D eigenvalue weighted by atomic mass is 32.1. The molecule has 0 saturated carbocycles. The van der Waals surface area contributed by atoms with E-state index in [9.17, 15) is 9.59 Å². The molecule has 1 aromatic heterocycles. The fourth-order valence-electron chi connectivity index (χ4n) is 3.34. The molecule has 0 fully saturated rings. The zero-order valence-electron chi connectivity index (χ0n) is 15.7. The topological polar surface area (TPSA) is 59.5 Å². The molecule has 0 unspecified atom stereocenters. The van der Waals surface area contributed by atoms with Crippen LogP contribution in [0.25, 0.3) is 10.6 Å². The Morgan fingerprint density at radius 1 is 1.11 bits per heavy atom. The van der Waals surface area contributed by atoms with E-state index in [0.717, 1.165) is 28.2 Å². The van der Waals surface area contributed by atoms with E-state index in [0.29, 0.717) is 17.1 Å². The first kappa shape index (κ1) is 18.4. The zero-order valence-corrected chi connectivity index (χ0v) is 16.5. The van der Waals surface area contributed by atoms with Crippen LogP contribution < -0.4 is 4.90 Å². The fourth-order valence-corrected chi connectivity index (χ4v) is 4.30. The molecule has 4 rings (SSSR count). The molecule has 6 heteroatoms. The molecule has 28 heavy (non-hydrogen) atoms. The van der Waals surface area contributed by atoms with Crippen molar-refractivity contribution in [2.75, 3.05) is 11.4 Å². The van der Waals surface area contributed by atoms with Crippen LogP contribution in [0, 0.1) is 6.92 Å². The van der Waals surface area contributed by atoms with Crippen molar-refractivity contribution in [2.24, 2.45) is 0 Å². The van der Waals surface area contributed by atoms with E-state index < -0.39 is 12.1 Å². The van der Waals surface area contributed by atoms with Crippen molar-refractivity contribution in [3.05, 3.63) is 70.7 Å². The van der Waals surface area contributed by atoms with Crippen molar-refractivity contribution in [2.45, 2.75) is 26.4 Å². The Balaban J connectivity index is 1.48. The number of hydrogen-bond acceptors (Lipinski definition) is 5. The van der Waals surface area contributed by atoms with Gasteiger partial charge in [0.1, 0.15) is 9.88 Å². The summed E-state index contributed by atoms with van der Waals surface area (Å²) in [7, 11) is 0. The Morgan fingerprint density at radius 3 is 2.61 bits per heavy atom. The lowest BCUT2D eigenvalue weighted by molar-refractivity contribution is -0.126. The zero-order chi connectivity index (χ0) is 19.7. The average Bonchev–Trinajstić information content (AvgIpc) is 3.32. The van der Waals surface area contributed by atoms with Crippen LogP contribution in [0.1, 0.15) is 27.9 Å². The van der Waals surface area contributed by atoms with E-state index in [1.54, 1.807) is 18.7 Å². The number of amides is 1. The summed E-state index contributed by atoms with van der Waals surface area (Å²) in [6, 6.07) is 17.5. The van der Waals surface area contributed by atoms with E-state index in [2.05, 4.69) is 4.98 Å². The third kappa shape index (κ3) is 3.43. The van der Waals surface area contributed by atoms with E-state index in [1.807, 2.05) is 54.6 Å². The quantitative estimate of drug-likeness (QED) is 0.623. The molecule has 1 aliphatic rings. The van der Waals surface area contributed by atoms with Crippen molar-refractivity contribution >= 4 is 28.9 Å². The highest BCUT2D eigenvalue weighted by Crippen LogP contribution is 2.30. The van der Waals surface area contributed by atoms with Crippen LogP contribution in [-0.4, -0.2) is 29.5 Å². The van der Waals surface area contributed by atoms with Gasteiger partial charge in [-0.05, 0) is 31.9 Å². The minimum atomic E-state index is -0.861. The van der Waals surface area contributed by atoms with Gasteiger partial charge in [0.25, 0.3) is 5.91 Å². The molecule has 0 radical (unpaired) electrons. The number of para-hydroxylation sites is 1. The third-order valence-corrected chi connectivity index (χ3v) is 5.97. The van der Waals surface area contributed by atoms with Gasteiger partial charge in [-0.3, -0.25) is 4.79 Å². The molecule has 0 bridgehead atoms. The van der Waals surface area contributed by atoms with Crippen LogP contribution in [0.2, 0.25) is 0 Å². The number of aryl methyl sites for hydroxylation is 1. The first-order chi connectivity index (χ1) is 13.5. The molecule has 0 aliphatic carbocycles. The summed E-state index contributed by atoms with van der Waals surface area (Å²) in [5.74, 6) is -0.714. The molecule has 0 spiro atoms. The van der Waals surface area contributed by atoms with E-state index in [1.165, 1.54) is 11.3 Å². The maximum absolute atomic E-state index is 12.8. The van der Waals surface area contributed by atoms with Crippen LogP contribution in [-0.2, 0) is 16.0 Å². The molecular weight excluding hydrogens is 372 g/mol. The molecule has 0 N–H and O–H groups in total. The lowest BCUT2D eigenvalue weighted by Gasteiger charge is -2.21. The number of ether oxygens (including phenoxy) is 1. The number of carbonyl (C=O) groups excluding carboxylic acids is 2. The van der Waals surface area contributed by atoms with Gasteiger partial charge in [0.05, 0.1) is 5.69 Å². The summed E-state index contributed by atoms with van der Waals surface area (Å²) < 4.78 is 5.50. The third-order valence-electron chi connectivity index (χ3n) is 4.79. The first-order valence-electron chi connectivity index (χ1n) is 9.17. The lowest BCUT2D eigenvalue weighted by atomic mass is 10.2. The Bertz CT molecular complexity index is 1030. The summed E-state index contributed by atoms with van der Waals surface area (Å²) in [6.07, 6.45) is -0.0444. The smallest absolute Gasteiger partial charge is 0.351 e. The van der Waals surface area contributed by atoms with Crippen LogP contribution >= 0.6 is 11.3 Å². The van der Waals surface area contributed by atoms with Crippen molar-refractivity contribution in [3.8, 4) is 10.6 Å². The van der Waals surface area contributed by atoms with Gasteiger partial charge in [-0.1, -0.05) is 48.5 Å². The van der Waals surface area contributed by atoms with Crippen molar-refractivity contribution < 1.29 is 14.3 Å². The lowest BCUT2D eigenvalue weighted by Crippen LogP contribution is -2.39. The van der Waals surface area contributed by atoms with Crippen LogP contribution in [0.15, 0.2) is 54.6 Å². The number of aromatic nitrogens is 1. The second-order valence-corrected chi connectivity index (χ2v) is 7.71. The number of hydrogen-bond donors (Lipinski definition) is 0. The van der Waals surface area contributed by atoms with E-state index in [4.69, 9.17) is 4.74 Å². The second-order valence-electron chi connectivity index (χ2n) is 6.72. The average molecular weight is 392 g/mol. The number of anilines is 1. The molecule has 2 heterocycles. The molecule has 142 valence electrons. The number of benzene rings is 2. The van der Waals surface area contributed by atoms with Gasteiger partial charge in [-0.15, -0.1) is 11.3 Å². The molecule has 0 saturated heterocycles. The minimum Gasteiger partial charge on any atom is -0.448 e. The van der Waals surface area contributed by atoms with Crippen molar-refractivity contribution in [1.82, 2.24) is 4.98 Å². The normalized spacial score (nSPS) is 13.9. The second kappa shape index (κ2) is 7.56. The molecule has 1 aliphatic heterocycles. The molecule has 1 amide bonds. The van der Waals surface area contributed by atoms with E-state index >= 15 is 0 Å². The van der Waals surface area contributed by atoms with Crippen LogP contribution in [0.5, 0.6) is 0 Å². The number of esters is 1. The monoisotopic (exact) mass is 392 g/mol. The Kier molecular flexibility index (Phi) is 4.96. The largest absolute Gasteiger partial charge is 0.448 e. The number of rotatable bonds is 4. The van der Waals surface area contributed by atoms with Gasteiger partial charge < -0.3 is 9.64 Å². The molecule has 5 nitrogen and oxygen atoms in total. The van der Waals surface area contributed by atoms with Crippen LogP contribution in [0.3, 0.4) is 0 Å². The number of carbonyl (C=O) groups is 2. The number of thiazole rings is 1. The first-order valence-corrected chi connectivity index (χ1v) is 9.99. The molecule has 1 atom stereocenters. The van der Waals surface area contributed by atoms with Gasteiger partial charge in [0.2, 0.25) is 0 Å². The number of nitrogens with zero attached hydrogens (tertiary/aromatic N) is 2. The summed E-state index contributed by atoms with van der Waals surface area (Å²) in [6.45, 7) is 4.01. The molecular formula is C22H20N2O3S. The Labute approximate surface area is 167 Å². The summed E-state index contributed by atoms with van der Waals surface area (Å²) >= 11 is 1.28. The maximum Gasteiger partial charge on any atom is 0.351 e. The summed E-state index contributed by atoms with van der Waals surface area (Å²) in [4.78, 5) is 32.1. The number of fused-ring (bicyclic) bond motifs is 1. The predicted molar refractivity (Wildman–Crippen MR) is 110 cm³/mol. The fraction of sp³-hybridized carbons (Fsp3) is 0.227. The predicted octanol–water partition coefficient (Wildman–Crippen LogP) is 4.25. The standard InChI is InChI=1S/C22H20N2O3S/c1-14-19(28-20(23-14)17-9-4-3-5-10-17)22(26)27-15(2)21(25)24-13-12-16-8-6-7-11-18(16)24/h3-11,15H,12-13H2,1-2H3/t15-/m0/s1. The maximum atomic E-state index is 12.8. The van der Waals surface area contributed by atoms with Gasteiger partial charge in [0, 0.05) is 17.8 Å². The summed E-state index contributed by atoms with van der Waals surface area (Å²) in [5, 5.41) is 0.762. The summed E-state index contributed by atoms with van der Waals surface area (Å²) in [5.41, 5.74) is 3.60. The molecule has 3 aromatic rings. The highest BCUT2D eigenvalue weighted by Gasteiger charge is 2.30. The Hall–Kier alpha value is -2.99. The van der Waals surface area contributed by atoms with Crippen molar-refractivity contribution in [3.63, 3.8) is 0 Å². The highest BCUT2D eigenvalue weighted by molar-refractivity contribution is 7.17. The van der Waals surface area contributed by atoms with E-state index in [-0.39, 0.29) is 5.91 Å². The minimum absolute atomic E-state index is 0.205. The van der Waals surface area contributed by atoms with Crippen molar-refractivity contribution in [1.29, 1.82) is 0 Å². The van der Waals surface area contributed by atoms with Gasteiger partial charge in [-0.2, -0.15) is 0 Å². The van der Waals surface area contributed by atoms with Gasteiger partial charge in [-0.25, -0.2) is 9.78 Å². The van der Waals surface area contributed by atoms with Gasteiger partial charge >= 0.3 is 5.97 Å². The SMILES string of the molecule is Cc1nc(-c2ccccc2)sc1C(=O)O[C@@H](C)C(=O)N1CCc2ccccc21. The van der Waals surface area contributed by atoms with Gasteiger partial charge in [0.15, 0.2) is 6.10 Å². The molecule has 2 aromatic carbocycles. The Morgan fingerprint density at radius 2 is 1.82 bits per heavy atom. The van der Waals surface area contributed by atoms with Crippen LogP contribution in [0.4, 0.5) is 5.69 Å².